The molecule has 0 bridgehead atoms. The van der Waals surface area contributed by atoms with Gasteiger partial charge >= 0.3 is 0 Å². The Hall–Kier alpha value is -2.46. The summed E-state index contributed by atoms with van der Waals surface area (Å²) >= 11 is 1.26. The first-order chi connectivity index (χ1) is 13.3. The molecule has 2 N–H and O–H groups in total. The van der Waals surface area contributed by atoms with Crippen LogP contribution >= 0.6 is 11.8 Å². The highest BCUT2D eigenvalue weighted by molar-refractivity contribution is 7.99. The summed E-state index contributed by atoms with van der Waals surface area (Å²) in [5, 5.41) is 5.57. The van der Waals surface area contributed by atoms with Gasteiger partial charge < -0.3 is 19.9 Å². The number of amides is 2. The van der Waals surface area contributed by atoms with Crippen molar-refractivity contribution in [3.05, 3.63) is 41.2 Å². The second-order valence-electron chi connectivity index (χ2n) is 5.95. The minimum Gasteiger partial charge on any atom is -0.383 e. The number of ether oxygens (including phenoxy) is 1. The first-order valence-electron chi connectivity index (χ1n) is 8.49. The van der Waals surface area contributed by atoms with Gasteiger partial charge in [0, 0.05) is 31.1 Å². The zero-order chi connectivity index (χ0) is 20.7. The van der Waals surface area contributed by atoms with Gasteiger partial charge in [-0.15, -0.1) is 0 Å². The molecule has 0 saturated heterocycles. The normalized spacial score (nSPS) is 10.8. The number of aryl methyl sites for hydroxylation is 1. The summed E-state index contributed by atoms with van der Waals surface area (Å²) in [6.07, 6.45) is 0. The van der Waals surface area contributed by atoms with Gasteiger partial charge in [-0.1, -0.05) is 11.8 Å². The second kappa shape index (κ2) is 10.2. The summed E-state index contributed by atoms with van der Waals surface area (Å²) in [5.74, 6) is -2.87. The number of nitrogens with zero attached hydrogens (tertiary/aromatic N) is 2. The number of carbonyl (C=O) groups is 2. The highest BCUT2D eigenvalue weighted by Crippen LogP contribution is 2.21. The zero-order valence-corrected chi connectivity index (χ0v) is 16.7. The van der Waals surface area contributed by atoms with Gasteiger partial charge in [0.05, 0.1) is 24.6 Å². The fourth-order valence-electron chi connectivity index (χ4n) is 2.32. The molecule has 0 spiro atoms. The van der Waals surface area contributed by atoms with Crippen LogP contribution < -0.4 is 10.6 Å². The number of anilines is 1. The molecule has 0 unspecified atom stereocenters. The summed E-state index contributed by atoms with van der Waals surface area (Å²) in [6, 6.07) is 3.02. The summed E-state index contributed by atoms with van der Waals surface area (Å²) in [7, 11) is 1.62. The van der Waals surface area contributed by atoms with E-state index in [4.69, 9.17) is 4.74 Å². The molecular formula is C18H22F2N4O3S. The van der Waals surface area contributed by atoms with E-state index in [1.54, 1.807) is 7.11 Å². The van der Waals surface area contributed by atoms with E-state index in [9.17, 15) is 18.4 Å². The molecule has 0 atom stereocenters. The number of hydrogen-bond acceptors (Lipinski definition) is 5. The van der Waals surface area contributed by atoms with Crippen molar-refractivity contribution in [2.24, 2.45) is 0 Å². The molecule has 2 amide bonds. The van der Waals surface area contributed by atoms with E-state index < -0.39 is 17.5 Å². The molecule has 0 aliphatic heterocycles. The minimum absolute atomic E-state index is 0.0847. The predicted octanol–water partition coefficient (Wildman–Crippen LogP) is 2.27. The van der Waals surface area contributed by atoms with Crippen LogP contribution in [0.1, 0.15) is 11.4 Å². The number of halogens is 2. The maximum Gasteiger partial charge on any atom is 0.243 e. The second-order valence-corrected chi connectivity index (χ2v) is 6.89. The van der Waals surface area contributed by atoms with Gasteiger partial charge in [-0.05, 0) is 26.0 Å². The fourth-order valence-corrected chi connectivity index (χ4v) is 3.27. The van der Waals surface area contributed by atoms with E-state index in [1.165, 1.54) is 17.8 Å². The fraction of sp³-hybridized carbons (Fsp3) is 0.389. The quantitative estimate of drug-likeness (QED) is 0.617. The summed E-state index contributed by atoms with van der Waals surface area (Å²) in [6.45, 7) is 4.72. The molecule has 1 heterocycles. The molecule has 2 aromatic rings. The van der Waals surface area contributed by atoms with Gasteiger partial charge in [-0.3, -0.25) is 9.59 Å². The molecule has 0 saturated carbocycles. The Morgan fingerprint density at radius 1 is 1.21 bits per heavy atom. The standard InChI is InChI=1S/C18H22F2N4O3S/c1-11-12(2)24(6-7-27-3)18(22-11)28-10-17(26)21-9-16(25)23-13-4-5-14(19)15(20)8-13/h4-5,8H,6-7,9-10H2,1-3H3,(H,21,26)(H,23,25). The van der Waals surface area contributed by atoms with Crippen LogP contribution in [0.3, 0.4) is 0 Å². The number of imidazole rings is 1. The average molecular weight is 412 g/mol. The largest absolute Gasteiger partial charge is 0.383 e. The molecule has 10 heteroatoms. The lowest BCUT2D eigenvalue weighted by atomic mass is 10.3. The number of methoxy groups -OCH3 is 1. The Morgan fingerprint density at radius 3 is 2.64 bits per heavy atom. The molecule has 0 radical (unpaired) electrons. The third kappa shape index (κ3) is 6.03. The topological polar surface area (TPSA) is 85.2 Å². The molecule has 152 valence electrons. The van der Waals surface area contributed by atoms with Crippen molar-refractivity contribution < 1.29 is 23.1 Å². The number of thioether (sulfide) groups is 1. The van der Waals surface area contributed by atoms with Crippen LogP contribution in [0.4, 0.5) is 14.5 Å². The Kier molecular flexibility index (Phi) is 7.94. The molecule has 0 aliphatic carbocycles. The Balaban J connectivity index is 1.82. The van der Waals surface area contributed by atoms with E-state index in [0.717, 1.165) is 23.5 Å². The molecule has 2 rings (SSSR count). The lowest BCUT2D eigenvalue weighted by Gasteiger charge is -2.09. The third-order valence-electron chi connectivity index (χ3n) is 3.92. The highest BCUT2D eigenvalue weighted by Gasteiger charge is 2.14. The van der Waals surface area contributed by atoms with Crippen molar-refractivity contribution in [1.29, 1.82) is 0 Å². The SMILES string of the molecule is COCCn1c(SCC(=O)NCC(=O)Nc2ccc(F)c(F)c2)nc(C)c1C. The van der Waals surface area contributed by atoms with Crippen molar-refractivity contribution in [3.8, 4) is 0 Å². The lowest BCUT2D eigenvalue weighted by Crippen LogP contribution is -2.34. The zero-order valence-electron chi connectivity index (χ0n) is 15.8. The molecular weight excluding hydrogens is 390 g/mol. The predicted molar refractivity (Wildman–Crippen MR) is 102 cm³/mol. The molecule has 1 aromatic carbocycles. The number of aromatic nitrogens is 2. The maximum absolute atomic E-state index is 13.1. The van der Waals surface area contributed by atoms with Crippen LogP contribution in [0.15, 0.2) is 23.4 Å². The van der Waals surface area contributed by atoms with Gasteiger partial charge in [-0.25, -0.2) is 13.8 Å². The van der Waals surface area contributed by atoms with Crippen molar-refractivity contribution in [3.63, 3.8) is 0 Å². The Labute approximate surface area is 165 Å². The molecule has 0 aliphatic rings. The van der Waals surface area contributed by atoms with Crippen LogP contribution in [-0.4, -0.2) is 47.4 Å². The van der Waals surface area contributed by atoms with Crippen LogP contribution in [-0.2, 0) is 20.9 Å². The van der Waals surface area contributed by atoms with Crippen LogP contribution in [0.25, 0.3) is 0 Å². The van der Waals surface area contributed by atoms with Crippen LogP contribution in [0, 0.1) is 25.5 Å². The highest BCUT2D eigenvalue weighted by atomic mass is 32.2. The van der Waals surface area contributed by atoms with Crippen molar-refractivity contribution in [2.45, 2.75) is 25.5 Å². The van der Waals surface area contributed by atoms with E-state index in [0.29, 0.717) is 18.3 Å². The van der Waals surface area contributed by atoms with E-state index in [2.05, 4.69) is 15.6 Å². The Morgan fingerprint density at radius 2 is 1.96 bits per heavy atom. The number of hydrogen-bond donors (Lipinski definition) is 2. The van der Waals surface area contributed by atoms with Crippen LogP contribution in [0.5, 0.6) is 0 Å². The molecule has 28 heavy (non-hydrogen) atoms. The van der Waals surface area contributed by atoms with Gasteiger partial charge in [-0.2, -0.15) is 0 Å². The van der Waals surface area contributed by atoms with Crippen molar-refractivity contribution in [1.82, 2.24) is 14.9 Å². The van der Waals surface area contributed by atoms with Crippen molar-refractivity contribution in [2.75, 3.05) is 31.3 Å². The smallest absolute Gasteiger partial charge is 0.243 e. The van der Waals surface area contributed by atoms with E-state index in [1.807, 2.05) is 18.4 Å². The molecule has 1 aromatic heterocycles. The first-order valence-corrected chi connectivity index (χ1v) is 9.47. The van der Waals surface area contributed by atoms with Gasteiger partial charge in [0.1, 0.15) is 0 Å². The van der Waals surface area contributed by atoms with Gasteiger partial charge in [0.15, 0.2) is 16.8 Å². The van der Waals surface area contributed by atoms with E-state index >= 15 is 0 Å². The Bertz CT molecular complexity index is 858. The van der Waals surface area contributed by atoms with Crippen LogP contribution in [0.2, 0.25) is 0 Å². The summed E-state index contributed by atoms with van der Waals surface area (Å²) in [5.41, 5.74) is 1.99. The maximum atomic E-state index is 13.1. The monoisotopic (exact) mass is 412 g/mol. The summed E-state index contributed by atoms with van der Waals surface area (Å²) in [4.78, 5) is 28.3. The van der Waals surface area contributed by atoms with Gasteiger partial charge in [0.25, 0.3) is 0 Å². The number of carbonyl (C=O) groups excluding carboxylic acids is 2. The van der Waals surface area contributed by atoms with Gasteiger partial charge in [0.2, 0.25) is 11.8 Å². The van der Waals surface area contributed by atoms with Crippen molar-refractivity contribution >= 4 is 29.3 Å². The third-order valence-corrected chi connectivity index (χ3v) is 4.90. The lowest BCUT2D eigenvalue weighted by molar-refractivity contribution is -0.122. The average Bonchev–Trinajstić information content (AvgIpc) is 2.93. The number of nitrogens with one attached hydrogen (secondary N) is 2. The molecule has 7 nitrogen and oxygen atoms in total. The minimum atomic E-state index is -1.06. The number of benzene rings is 1. The molecule has 0 fully saturated rings. The summed E-state index contributed by atoms with van der Waals surface area (Å²) < 4.78 is 33.1. The van der Waals surface area contributed by atoms with E-state index in [-0.39, 0.29) is 23.9 Å². The number of rotatable bonds is 9. The first kappa shape index (κ1) is 21.8.